The molecular formula is C26H30F4N6. The van der Waals surface area contributed by atoms with E-state index in [9.17, 15) is 17.6 Å². The maximum absolute atomic E-state index is 14.6. The van der Waals surface area contributed by atoms with E-state index in [0.717, 1.165) is 25.1 Å². The van der Waals surface area contributed by atoms with E-state index >= 15 is 0 Å². The Bertz CT molecular complexity index is 1210. The molecule has 6 nitrogen and oxygen atoms in total. The highest BCUT2D eigenvalue weighted by molar-refractivity contribution is 5.71. The number of alkyl halides is 3. The van der Waals surface area contributed by atoms with Crippen molar-refractivity contribution in [3.05, 3.63) is 60.3 Å². The number of nitrogens with zero attached hydrogens (tertiary/aromatic N) is 4. The normalized spacial score (nSPS) is 18.1. The first-order chi connectivity index (χ1) is 16.8. The van der Waals surface area contributed by atoms with E-state index in [-0.39, 0.29) is 40.1 Å². The molecule has 2 N–H and O–H groups in total. The van der Waals surface area contributed by atoms with Crippen LogP contribution in [0.1, 0.15) is 46.1 Å². The second-order valence-corrected chi connectivity index (χ2v) is 10.4. The van der Waals surface area contributed by atoms with Gasteiger partial charge in [-0.2, -0.15) is 18.2 Å². The van der Waals surface area contributed by atoms with Crippen LogP contribution >= 0.6 is 0 Å². The minimum Gasteiger partial charge on any atom is -0.365 e. The van der Waals surface area contributed by atoms with Crippen molar-refractivity contribution >= 4 is 17.5 Å². The van der Waals surface area contributed by atoms with E-state index in [1.165, 1.54) is 24.5 Å². The van der Waals surface area contributed by atoms with Crippen molar-refractivity contribution in [2.24, 2.45) is 0 Å². The quantitative estimate of drug-likeness (QED) is 0.388. The van der Waals surface area contributed by atoms with Gasteiger partial charge in [-0.05, 0) is 71.3 Å². The lowest BCUT2D eigenvalue weighted by atomic mass is 9.77. The van der Waals surface area contributed by atoms with Gasteiger partial charge in [0.1, 0.15) is 0 Å². The molecule has 3 heterocycles. The van der Waals surface area contributed by atoms with E-state index in [2.05, 4.69) is 65.2 Å². The van der Waals surface area contributed by atoms with Gasteiger partial charge >= 0.3 is 6.18 Å². The number of piperidine rings is 1. The van der Waals surface area contributed by atoms with Gasteiger partial charge in [0.15, 0.2) is 11.6 Å². The Morgan fingerprint density at radius 2 is 1.72 bits per heavy atom. The molecule has 192 valence electrons. The van der Waals surface area contributed by atoms with Gasteiger partial charge in [-0.25, -0.2) is 9.37 Å². The number of aromatic nitrogens is 3. The summed E-state index contributed by atoms with van der Waals surface area (Å²) >= 11 is 0. The molecule has 0 radical (unpaired) electrons. The topological polar surface area (TPSA) is 66.0 Å². The van der Waals surface area contributed by atoms with Gasteiger partial charge in [0.05, 0.1) is 11.8 Å². The van der Waals surface area contributed by atoms with Gasteiger partial charge in [-0.15, -0.1) is 0 Å². The lowest BCUT2D eigenvalue weighted by Crippen LogP contribution is -2.61. The molecule has 1 aliphatic heterocycles. The second kappa shape index (κ2) is 9.31. The van der Waals surface area contributed by atoms with Crippen molar-refractivity contribution in [1.29, 1.82) is 0 Å². The molecule has 0 saturated carbocycles. The van der Waals surface area contributed by atoms with Gasteiger partial charge < -0.3 is 10.6 Å². The molecule has 0 bridgehead atoms. The Morgan fingerprint density at radius 1 is 1.03 bits per heavy atom. The minimum atomic E-state index is -4.59. The molecule has 1 fully saturated rings. The zero-order valence-corrected chi connectivity index (χ0v) is 20.9. The zero-order chi connectivity index (χ0) is 26.3. The van der Waals surface area contributed by atoms with Crippen molar-refractivity contribution in [3.8, 4) is 11.1 Å². The summed E-state index contributed by atoms with van der Waals surface area (Å²) in [5.74, 6) is -0.623. The van der Waals surface area contributed by atoms with Crippen LogP contribution < -0.4 is 10.6 Å². The summed E-state index contributed by atoms with van der Waals surface area (Å²) in [6.45, 7) is 8.55. The van der Waals surface area contributed by atoms with Crippen molar-refractivity contribution in [1.82, 2.24) is 19.9 Å². The Kier molecular flexibility index (Phi) is 6.68. The lowest BCUT2D eigenvalue weighted by Gasteiger charge is -2.53. The first kappa shape index (κ1) is 25.8. The number of rotatable bonds is 5. The van der Waals surface area contributed by atoms with Crippen molar-refractivity contribution < 1.29 is 17.6 Å². The van der Waals surface area contributed by atoms with Crippen LogP contribution in [0.4, 0.5) is 35.0 Å². The number of pyridine rings is 1. The molecular weight excluding hydrogens is 472 g/mol. The predicted molar refractivity (Wildman–Crippen MR) is 133 cm³/mol. The molecule has 36 heavy (non-hydrogen) atoms. The predicted octanol–water partition coefficient (Wildman–Crippen LogP) is 6.50. The molecule has 10 heteroatoms. The summed E-state index contributed by atoms with van der Waals surface area (Å²) in [5, 5.41) is 5.98. The largest absolute Gasteiger partial charge is 0.417 e. The smallest absolute Gasteiger partial charge is 0.365 e. The zero-order valence-electron chi connectivity index (χ0n) is 20.9. The van der Waals surface area contributed by atoms with Crippen LogP contribution in [-0.2, 0) is 6.18 Å². The number of halogens is 4. The number of hydrogen-bond acceptors (Lipinski definition) is 6. The summed E-state index contributed by atoms with van der Waals surface area (Å²) in [7, 11) is 2.08. The van der Waals surface area contributed by atoms with Crippen molar-refractivity contribution in [3.63, 3.8) is 0 Å². The Balaban J connectivity index is 1.59. The van der Waals surface area contributed by atoms with E-state index in [4.69, 9.17) is 0 Å². The maximum atomic E-state index is 14.6. The maximum Gasteiger partial charge on any atom is 0.417 e. The third-order valence-electron chi connectivity index (χ3n) is 6.95. The average Bonchev–Trinajstić information content (AvgIpc) is 2.79. The Hall–Kier alpha value is -3.27. The first-order valence-corrected chi connectivity index (χ1v) is 11.7. The van der Waals surface area contributed by atoms with Crippen LogP contribution in [0, 0.1) is 5.82 Å². The van der Waals surface area contributed by atoms with Gasteiger partial charge in [0.25, 0.3) is 0 Å². The highest BCUT2D eigenvalue weighted by atomic mass is 19.4. The molecule has 0 amide bonds. The summed E-state index contributed by atoms with van der Waals surface area (Å²) in [4.78, 5) is 14.4. The van der Waals surface area contributed by atoms with Crippen LogP contribution in [0.3, 0.4) is 0 Å². The molecule has 1 aromatic carbocycles. The third kappa shape index (κ3) is 5.43. The third-order valence-corrected chi connectivity index (χ3v) is 6.95. The molecule has 0 aliphatic carbocycles. The van der Waals surface area contributed by atoms with Crippen LogP contribution in [0.2, 0.25) is 0 Å². The average molecular weight is 503 g/mol. The Labute approximate surface area is 208 Å². The SMILES string of the molecule is CN1C(C)(C)CC(Nc2nc(Nc3ccc(-c4cccnc4)c(C(F)(F)F)c3)ncc2F)CC1(C)C. The highest BCUT2D eigenvalue weighted by Crippen LogP contribution is 2.40. The number of nitrogens with one attached hydrogen (secondary N) is 2. The molecule has 1 aliphatic rings. The molecule has 3 aromatic rings. The lowest BCUT2D eigenvalue weighted by molar-refractivity contribution is -0.137. The Morgan fingerprint density at radius 3 is 2.33 bits per heavy atom. The first-order valence-electron chi connectivity index (χ1n) is 11.7. The van der Waals surface area contributed by atoms with E-state index < -0.39 is 17.6 Å². The highest BCUT2D eigenvalue weighted by Gasteiger charge is 2.43. The van der Waals surface area contributed by atoms with Crippen LogP contribution in [0.5, 0.6) is 0 Å². The second-order valence-electron chi connectivity index (χ2n) is 10.4. The fraction of sp³-hybridized carbons (Fsp3) is 0.423. The van der Waals surface area contributed by atoms with E-state index in [0.29, 0.717) is 5.56 Å². The number of likely N-dealkylation sites (tertiary alicyclic amines) is 1. The molecule has 0 atom stereocenters. The van der Waals surface area contributed by atoms with Gasteiger partial charge in [-0.3, -0.25) is 9.88 Å². The van der Waals surface area contributed by atoms with Crippen molar-refractivity contribution in [2.75, 3.05) is 17.7 Å². The standard InChI is InChI=1S/C26H30F4N6/c1-24(2)12-18(13-25(3,4)36(24)5)33-22-21(27)15-32-23(35-22)34-17-8-9-19(16-7-6-10-31-14-16)20(11-17)26(28,29)30/h6-11,14-15,18H,12-13H2,1-5H3,(H2,32,33,34,35). The van der Waals surface area contributed by atoms with E-state index in [1.54, 1.807) is 12.1 Å². The van der Waals surface area contributed by atoms with Crippen LogP contribution in [0.15, 0.2) is 48.9 Å². The summed E-state index contributed by atoms with van der Waals surface area (Å²) in [6, 6.07) is 6.96. The van der Waals surface area contributed by atoms with Gasteiger partial charge in [-0.1, -0.05) is 12.1 Å². The molecule has 0 unspecified atom stereocenters. The summed E-state index contributed by atoms with van der Waals surface area (Å²) in [6.07, 6.45) is 0.834. The minimum absolute atomic E-state index is 0.00685. The summed E-state index contributed by atoms with van der Waals surface area (Å²) in [5.41, 5.74) is -0.561. The van der Waals surface area contributed by atoms with Crippen LogP contribution in [-0.4, -0.2) is 44.0 Å². The van der Waals surface area contributed by atoms with Crippen LogP contribution in [0.25, 0.3) is 11.1 Å². The fourth-order valence-corrected chi connectivity index (χ4v) is 4.95. The number of benzene rings is 1. The number of hydrogen-bond donors (Lipinski definition) is 2. The van der Waals surface area contributed by atoms with Gasteiger partial charge in [0.2, 0.25) is 5.95 Å². The molecule has 1 saturated heterocycles. The monoisotopic (exact) mass is 502 g/mol. The molecule has 0 spiro atoms. The van der Waals surface area contributed by atoms with Gasteiger partial charge in [0, 0.05) is 40.8 Å². The van der Waals surface area contributed by atoms with Crippen molar-refractivity contribution in [2.45, 2.75) is 63.8 Å². The molecule has 2 aromatic heterocycles. The fourth-order valence-electron chi connectivity index (χ4n) is 4.95. The molecule has 4 rings (SSSR count). The summed E-state index contributed by atoms with van der Waals surface area (Å²) < 4.78 is 56.1. The van der Waals surface area contributed by atoms with E-state index in [1.807, 2.05) is 0 Å². The number of anilines is 3.